The highest BCUT2D eigenvalue weighted by Crippen LogP contribution is 2.19. The molecule has 1 atom stereocenters. The Morgan fingerprint density at radius 3 is 2.41 bits per heavy atom. The van der Waals surface area contributed by atoms with Crippen molar-refractivity contribution in [3.05, 3.63) is 35.9 Å². The van der Waals surface area contributed by atoms with Crippen LogP contribution in [-0.4, -0.2) is 84.4 Å². The van der Waals surface area contributed by atoms with Gasteiger partial charge in [0.2, 0.25) is 5.78 Å². The van der Waals surface area contributed by atoms with E-state index in [1.807, 2.05) is 37.3 Å². The van der Waals surface area contributed by atoms with Gasteiger partial charge in [-0.3, -0.25) is 14.5 Å². The highest BCUT2D eigenvalue weighted by atomic mass is 16.6. The highest BCUT2D eigenvalue weighted by molar-refractivity contribution is 6.36. The third-order valence-corrected chi connectivity index (χ3v) is 5.76. The molecule has 0 aliphatic carbocycles. The van der Waals surface area contributed by atoms with Gasteiger partial charge in [-0.25, -0.2) is 4.79 Å². The Morgan fingerprint density at radius 1 is 1.00 bits per heavy atom. The number of ether oxygens (including phenoxy) is 1. The van der Waals surface area contributed by atoms with Crippen LogP contribution in [0.25, 0.3) is 0 Å². The number of carbonyl (C=O) groups is 3. The minimum atomic E-state index is -0.351. The normalized spacial score (nSPS) is 20.4. The summed E-state index contributed by atoms with van der Waals surface area (Å²) in [5.74, 6) is -0.655. The first-order valence-corrected chi connectivity index (χ1v) is 10.6. The van der Waals surface area contributed by atoms with Gasteiger partial charge in [0.25, 0.3) is 5.91 Å². The van der Waals surface area contributed by atoms with E-state index in [9.17, 15) is 14.4 Å². The van der Waals surface area contributed by atoms with Gasteiger partial charge < -0.3 is 14.5 Å². The molecule has 29 heavy (non-hydrogen) atoms. The van der Waals surface area contributed by atoms with Gasteiger partial charge in [-0.15, -0.1) is 0 Å². The summed E-state index contributed by atoms with van der Waals surface area (Å²) in [5.41, 5.74) is 1.07. The minimum absolute atomic E-state index is 0.249. The Kier molecular flexibility index (Phi) is 7.63. The highest BCUT2D eigenvalue weighted by Gasteiger charge is 2.32. The first kappa shape index (κ1) is 21.3. The molecule has 7 heteroatoms. The summed E-state index contributed by atoms with van der Waals surface area (Å²) in [6.07, 6.45) is 2.51. The number of ketones is 1. The lowest BCUT2D eigenvalue weighted by molar-refractivity contribution is -0.146. The number of aryl methyl sites for hydroxylation is 1. The molecule has 1 aromatic rings. The van der Waals surface area contributed by atoms with E-state index < -0.39 is 0 Å². The lowest BCUT2D eigenvalue weighted by Crippen LogP contribution is -2.57. The second kappa shape index (κ2) is 10.4. The van der Waals surface area contributed by atoms with E-state index in [1.165, 1.54) is 0 Å². The second-order valence-corrected chi connectivity index (χ2v) is 7.68. The molecule has 2 aliphatic rings. The Morgan fingerprint density at radius 2 is 1.72 bits per heavy atom. The number of nitrogens with zero attached hydrogens (tertiary/aromatic N) is 3. The Labute approximate surface area is 172 Å². The van der Waals surface area contributed by atoms with Crippen LogP contribution in [0.5, 0.6) is 0 Å². The summed E-state index contributed by atoms with van der Waals surface area (Å²) in [7, 11) is 0. The van der Waals surface area contributed by atoms with Crippen molar-refractivity contribution in [2.45, 2.75) is 38.6 Å². The number of hydrogen-bond acceptors (Lipinski definition) is 5. The summed E-state index contributed by atoms with van der Waals surface area (Å²) in [6, 6.07) is 10.0. The molecule has 0 saturated carbocycles. The molecule has 0 aromatic heterocycles. The van der Waals surface area contributed by atoms with E-state index in [4.69, 9.17) is 4.74 Å². The molecule has 0 spiro atoms. The van der Waals surface area contributed by atoms with Crippen molar-refractivity contribution in [2.75, 3.05) is 45.9 Å². The quantitative estimate of drug-likeness (QED) is 0.682. The smallest absolute Gasteiger partial charge is 0.409 e. The number of piperidine rings is 1. The van der Waals surface area contributed by atoms with Crippen molar-refractivity contribution in [3.63, 3.8) is 0 Å². The van der Waals surface area contributed by atoms with Gasteiger partial charge in [0.15, 0.2) is 0 Å². The molecule has 2 heterocycles. The maximum atomic E-state index is 12.6. The van der Waals surface area contributed by atoms with Crippen LogP contribution in [-0.2, 0) is 20.7 Å². The predicted molar refractivity (Wildman–Crippen MR) is 110 cm³/mol. The molecule has 0 bridgehead atoms. The zero-order valence-corrected chi connectivity index (χ0v) is 17.2. The van der Waals surface area contributed by atoms with Crippen molar-refractivity contribution in [3.8, 4) is 0 Å². The summed E-state index contributed by atoms with van der Waals surface area (Å²) in [4.78, 5) is 42.7. The minimum Gasteiger partial charge on any atom is -0.450 e. The average molecular weight is 402 g/mol. The third-order valence-electron chi connectivity index (χ3n) is 5.76. The number of piperazine rings is 1. The average Bonchev–Trinajstić information content (AvgIpc) is 2.78. The fourth-order valence-electron chi connectivity index (χ4n) is 4.11. The topological polar surface area (TPSA) is 70.2 Å². The van der Waals surface area contributed by atoms with Gasteiger partial charge in [-0.2, -0.15) is 0 Å². The van der Waals surface area contributed by atoms with Crippen molar-refractivity contribution >= 4 is 17.8 Å². The van der Waals surface area contributed by atoms with Crippen LogP contribution in [0.4, 0.5) is 4.79 Å². The maximum absolute atomic E-state index is 12.6. The van der Waals surface area contributed by atoms with E-state index in [2.05, 4.69) is 4.90 Å². The number of hydrogen-bond donors (Lipinski definition) is 0. The van der Waals surface area contributed by atoms with Crippen molar-refractivity contribution in [1.29, 1.82) is 0 Å². The first-order chi connectivity index (χ1) is 14.1. The summed E-state index contributed by atoms with van der Waals surface area (Å²) in [6.45, 7) is 6.25. The Bertz CT molecular complexity index is 701. The van der Waals surface area contributed by atoms with Crippen LogP contribution in [0.15, 0.2) is 30.3 Å². The van der Waals surface area contributed by atoms with Gasteiger partial charge >= 0.3 is 6.09 Å². The molecular formula is C22H31N3O4. The van der Waals surface area contributed by atoms with E-state index in [1.54, 1.807) is 9.80 Å². The molecule has 2 aliphatic heterocycles. The lowest BCUT2D eigenvalue weighted by Gasteiger charge is -2.42. The predicted octanol–water partition coefficient (Wildman–Crippen LogP) is 1.95. The third kappa shape index (κ3) is 5.79. The van der Waals surface area contributed by atoms with E-state index >= 15 is 0 Å². The number of amides is 2. The fraction of sp³-hybridized carbons (Fsp3) is 0.591. The number of benzene rings is 1. The Hall–Kier alpha value is -2.41. The van der Waals surface area contributed by atoms with Crippen LogP contribution in [0.2, 0.25) is 0 Å². The molecule has 1 aromatic carbocycles. The standard InChI is InChI=1S/C22H31N3O4/c1-2-29-22(28)24-15-13-23(14-16-24)19-9-6-12-25(17-19)21(27)20(26)11-10-18-7-4-3-5-8-18/h3-5,7-8,19H,2,6,9-17H2,1H3/t19-/m1/s1. The first-order valence-electron chi connectivity index (χ1n) is 10.6. The van der Waals surface area contributed by atoms with Gasteiger partial charge in [0.05, 0.1) is 6.61 Å². The molecule has 2 fully saturated rings. The molecular weight excluding hydrogens is 370 g/mol. The van der Waals surface area contributed by atoms with Crippen LogP contribution < -0.4 is 0 Å². The molecule has 7 nitrogen and oxygen atoms in total. The Balaban J connectivity index is 1.47. The molecule has 3 rings (SSSR count). The van der Waals surface area contributed by atoms with E-state index in [0.717, 1.165) is 31.5 Å². The molecule has 0 N–H and O–H groups in total. The lowest BCUT2D eigenvalue weighted by atomic mass is 10.0. The number of carbonyl (C=O) groups excluding carboxylic acids is 3. The van der Waals surface area contributed by atoms with Crippen molar-refractivity contribution < 1.29 is 19.1 Å². The zero-order chi connectivity index (χ0) is 20.6. The molecule has 2 saturated heterocycles. The maximum Gasteiger partial charge on any atom is 0.409 e. The van der Waals surface area contributed by atoms with Crippen LogP contribution in [0.3, 0.4) is 0 Å². The molecule has 2 amide bonds. The zero-order valence-electron chi connectivity index (χ0n) is 17.2. The number of likely N-dealkylation sites (tertiary alicyclic amines) is 1. The largest absolute Gasteiger partial charge is 0.450 e. The summed E-state index contributed by atoms with van der Waals surface area (Å²) >= 11 is 0. The SMILES string of the molecule is CCOC(=O)N1CCN([C@@H]2CCCN(C(=O)C(=O)CCc3ccccc3)C2)CC1. The van der Waals surface area contributed by atoms with Crippen LogP contribution in [0, 0.1) is 0 Å². The molecule has 158 valence electrons. The van der Waals surface area contributed by atoms with Crippen molar-refractivity contribution in [2.24, 2.45) is 0 Å². The fourth-order valence-corrected chi connectivity index (χ4v) is 4.11. The summed E-state index contributed by atoms with van der Waals surface area (Å²) in [5, 5.41) is 0. The molecule has 0 radical (unpaired) electrons. The number of rotatable bonds is 6. The monoisotopic (exact) mass is 401 g/mol. The van der Waals surface area contributed by atoms with Gasteiger partial charge in [-0.05, 0) is 31.7 Å². The molecule has 0 unspecified atom stereocenters. The van der Waals surface area contributed by atoms with E-state index in [-0.39, 0.29) is 30.2 Å². The van der Waals surface area contributed by atoms with Gasteiger partial charge in [0, 0.05) is 51.7 Å². The van der Waals surface area contributed by atoms with E-state index in [0.29, 0.717) is 39.2 Å². The van der Waals surface area contributed by atoms with Crippen molar-refractivity contribution in [1.82, 2.24) is 14.7 Å². The summed E-state index contributed by atoms with van der Waals surface area (Å²) < 4.78 is 5.07. The van der Waals surface area contributed by atoms with Crippen LogP contribution in [0.1, 0.15) is 31.7 Å². The second-order valence-electron chi connectivity index (χ2n) is 7.68. The van der Waals surface area contributed by atoms with Gasteiger partial charge in [-0.1, -0.05) is 30.3 Å². The van der Waals surface area contributed by atoms with Gasteiger partial charge in [0.1, 0.15) is 0 Å². The van der Waals surface area contributed by atoms with Crippen LogP contribution >= 0.6 is 0 Å². The number of Topliss-reactive ketones (excluding diaryl/α,β-unsaturated/α-hetero) is 1.